The van der Waals surface area contributed by atoms with Gasteiger partial charge in [0.25, 0.3) is 5.56 Å². The van der Waals surface area contributed by atoms with Gasteiger partial charge in [0.15, 0.2) is 0 Å². The van der Waals surface area contributed by atoms with Gasteiger partial charge in [-0.05, 0) is 38.0 Å². The molecule has 0 radical (unpaired) electrons. The Balaban J connectivity index is 2.38. The van der Waals surface area contributed by atoms with E-state index in [0.29, 0.717) is 35.3 Å². The minimum Gasteiger partial charge on any atom is -0.355 e. The number of amides is 1. The van der Waals surface area contributed by atoms with Crippen molar-refractivity contribution in [2.45, 2.75) is 39.9 Å². The van der Waals surface area contributed by atoms with Gasteiger partial charge in [0.1, 0.15) is 12.2 Å². The van der Waals surface area contributed by atoms with Crippen LogP contribution in [0.2, 0.25) is 5.02 Å². The predicted octanol–water partition coefficient (Wildman–Crippen LogP) is 4.00. The van der Waals surface area contributed by atoms with Gasteiger partial charge < -0.3 is 5.32 Å². The van der Waals surface area contributed by atoms with Gasteiger partial charge in [-0.25, -0.2) is 4.68 Å². The van der Waals surface area contributed by atoms with E-state index < -0.39 is 29.8 Å². The number of hydrogen-bond acceptors (Lipinski definition) is 3. The molecule has 0 fully saturated rings. The quantitative estimate of drug-likeness (QED) is 0.652. The fourth-order valence-electron chi connectivity index (χ4n) is 3.29. The molecule has 1 N–H and O–H groups in total. The number of fused-ring (bicyclic) bond motifs is 1. The second-order valence-corrected chi connectivity index (χ2v) is 7.32. The van der Waals surface area contributed by atoms with Crippen LogP contribution in [0.5, 0.6) is 0 Å². The van der Waals surface area contributed by atoms with Crippen molar-refractivity contribution in [3.63, 3.8) is 0 Å². The first-order valence-electron chi connectivity index (χ1n) is 9.28. The molecule has 0 bridgehead atoms. The van der Waals surface area contributed by atoms with Gasteiger partial charge in [-0.15, -0.1) is 0 Å². The molecule has 0 spiro atoms. The number of benzene rings is 1. The van der Waals surface area contributed by atoms with Gasteiger partial charge >= 0.3 is 6.18 Å². The molecule has 0 saturated carbocycles. The van der Waals surface area contributed by atoms with Gasteiger partial charge in [-0.3, -0.25) is 14.2 Å². The van der Waals surface area contributed by atoms with Crippen molar-refractivity contribution in [3.8, 4) is 5.69 Å². The van der Waals surface area contributed by atoms with Crippen LogP contribution >= 0.6 is 11.6 Å². The van der Waals surface area contributed by atoms with Crippen molar-refractivity contribution in [2.75, 3.05) is 6.54 Å². The lowest BCUT2D eigenvalue weighted by Crippen LogP contribution is -2.34. The highest BCUT2D eigenvalue weighted by Gasteiger charge is 2.36. The number of carbonyl (C=O) groups is 1. The lowest BCUT2D eigenvalue weighted by atomic mass is 10.1. The van der Waals surface area contributed by atoms with E-state index in [-0.39, 0.29) is 16.7 Å². The third kappa shape index (κ3) is 3.94. The highest BCUT2D eigenvalue weighted by Crippen LogP contribution is 2.36. The molecule has 1 amide bonds. The van der Waals surface area contributed by atoms with Crippen molar-refractivity contribution in [3.05, 3.63) is 56.5 Å². The molecule has 6 nitrogen and oxygen atoms in total. The van der Waals surface area contributed by atoms with Crippen LogP contribution in [0, 0.1) is 13.8 Å². The Morgan fingerprint density at radius 3 is 2.60 bits per heavy atom. The second kappa shape index (κ2) is 8.14. The largest absolute Gasteiger partial charge is 0.417 e. The lowest BCUT2D eigenvalue weighted by Gasteiger charge is -2.15. The number of alkyl halides is 3. The third-order valence-electron chi connectivity index (χ3n) is 4.74. The molecule has 0 aliphatic rings. The molecular weight excluding hydrogens is 421 g/mol. The molecule has 0 atom stereocenters. The van der Waals surface area contributed by atoms with Gasteiger partial charge in [-0.2, -0.15) is 18.3 Å². The van der Waals surface area contributed by atoms with Crippen molar-refractivity contribution in [1.82, 2.24) is 19.7 Å². The van der Waals surface area contributed by atoms with Crippen LogP contribution in [-0.2, 0) is 17.5 Å². The number of nitrogens with zero attached hydrogens (tertiary/aromatic N) is 3. The monoisotopic (exact) mass is 440 g/mol. The number of pyridine rings is 1. The van der Waals surface area contributed by atoms with Crippen molar-refractivity contribution in [2.24, 2.45) is 0 Å². The summed E-state index contributed by atoms with van der Waals surface area (Å²) in [6.07, 6.45) is -4.08. The van der Waals surface area contributed by atoms with Crippen LogP contribution < -0.4 is 10.9 Å². The number of hydrogen-bond donors (Lipinski definition) is 1. The van der Waals surface area contributed by atoms with Gasteiger partial charge in [-0.1, -0.05) is 24.6 Å². The molecule has 0 aliphatic carbocycles. The lowest BCUT2D eigenvalue weighted by molar-refractivity contribution is -0.136. The topological polar surface area (TPSA) is 68.9 Å². The van der Waals surface area contributed by atoms with Gasteiger partial charge in [0, 0.05) is 17.6 Å². The number of halogens is 4. The second-order valence-electron chi connectivity index (χ2n) is 6.91. The van der Waals surface area contributed by atoms with Crippen molar-refractivity contribution >= 4 is 28.5 Å². The molecule has 10 heteroatoms. The fourth-order valence-corrected chi connectivity index (χ4v) is 3.46. The predicted molar refractivity (Wildman–Crippen MR) is 108 cm³/mol. The maximum Gasteiger partial charge on any atom is 0.417 e. The Morgan fingerprint density at radius 1 is 1.27 bits per heavy atom. The average Bonchev–Trinajstić information content (AvgIpc) is 3.00. The highest BCUT2D eigenvalue weighted by molar-refractivity contribution is 6.31. The zero-order chi connectivity index (χ0) is 22.2. The van der Waals surface area contributed by atoms with E-state index in [1.807, 2.05) is 6.92 Å². The summed E-state index contributed by atoms with van der Waals surface area (Å²) in [7, 11) is 0. The van der Waals surface area contributed by atoms with Crippen LogP contribution in [-0.4, -0.2) is 26.8 Å². The maximum absolute atomic E-state index is 13.7. The van der Waals surface area contributed by atoms with Gasteiger partial charge in [0.05, 0.1) is 22.3 Å². The summed E-state index contributed by atoms with van der Waals surface area (Å²) < 4.78 is 43.4. The Labute approximate surface area is 175 Å². The molecule has 2 aromatic heterocycles. The van der Waals surface area contributed by atoms with E-state index in [4.69, 9.17) is 11.6 Å². The highest BCUT2D eigenvalue weighted by atomic mass is 35.5. The summed E-state index contributed by atoms with van der Waals surface area (Å²) in [5.74, 6) is -0.478. The Kier molecular flexibility index (Phi) is 5.94. The molecule has 2 heterocycles. The molecule has 0 aliphatic heterocycles. The number of rotatable bonds is 5. The number of nitrogens with one attached hydrogen (secondary N) is 1. The third-order valence-corrected chi connectivity index (χ3v) is 5.15. The van der Waals surface area contributed by atoms with Crippen LogP contribution in [0.3, 0.4) is 0 Å². The molecule has 30 heavy (non-hydrogen) atoms. The number of aryl methyl sites for hydroxylation is 1. The summed E-state index contributed by atoms with van der Waals surface area (Å²) in [6, 6.07) is 5.43. The number of aromatic nitrogens is 3. The molecular formula is C20H20ClF3N4O2. The minimum atomic E-state index is -4.76. The summed E-state index contributed by atoms with van der Waals surface area (Å²) in [6.45, 7) is 4.95. The number of carbonyl (C=O) groups excluding carboxylic acids is 1. The molecule has 0 unspecified atom stereocenters. The first kappa shape index (κ1) is 21.9. The van der Waals surface area contributed by atoms with E-state index in [0.717, 1.165) is 4.57 Å². The van der Waals surface area contributed by atoms with E-state index >= 15 is 0 Å². The molecule has 1 aromatic carbocycles. The van der Waals surface area contributed by atoms with E-state index in [1.165, 1.54) is 11.6 Å². The zero-order valence-corrected chi connectivity index (χ0v) is 17.4. The SMILES string of the molecule is CCCNC(=O)Cn1c(=O)cc(C(F)(F)F)c2c(C)nn(-c3cccc(Cl)c3C)c21. The Hall–Kier alpha value is -2.81. The molecule has 0 saturated heterocycles. The standard InChI is InChI=1S/C20H20ClF3N4O2/c1-4-8-25-16(29)10-27-17(30)9-13(20(22,23)24)18-12(3)26-28(19(18)27)15-7-5-6-14(21)11(15)2/h5-7,9H,4,8,10H2,1-3H3,(H,25,29). The van der Waals surface area contributed by atoms with Crippen LogP contribution in [0.25, 0.3) is 16.7 Å². The van der Waals surface area contributed by atoms with E-state index in [9.17, 15) is 22.8 Å². The van der Waals surface area contributed by atoms with Crippen LogP contribution in [0.4, 0.5) is 13.2 Å². The normalized spacial score (nSPS) is 11.8. The summed E-state index contributed by atoms with van der Waals surface area (Å²) in [5.41, 5.74) is -1.06. The first-order chi connectivity index (χ1) is 14.1. The maximum atomic E-state index is 13.7. The summed E-state index contributed by atoms with van der Waals surface area (Å²) in [5, 5.41) is 7.07. The van der Waals surface area contributed by atoms with E-state index in [1.54, 1.807) is 25.1 Å². The Morgan fingerprint density at radius 2 is 1.97 bits per heavy atom. The zero-order valence-electron chi connectivity index (χ0n) is 16.6. The molecule has 3 aromatic rings. The minimum absolute atomic E-state index is 0.0828. The Bertz CT molecular complexity index is 1180. The summed E-state index contributed by atoms with van der Waals surface area (Å²) in [4.78, 5) is 25.0. The van der Waals surface area contributed by atoms with E-state index in [2.05, 4.69) is 10.4 Å². The average molecular weight is 441 g/mol. The smallest absolute Gasteiger partial charge is 0.355 e. The summed E-state index contributed by atoms with van der Waals surface area (Å²) >= 11 is 6.18. The van der Waals surface area contributed by atoms with Crippen molar-refractivity contribution < 1.29 is 18.0 Å². The first-order valence-corrected chi connectivity index (χ1v) is 9.66. The van der Waals surface area contributed by atoms with Crippen LogP contribution in [0.1, 0.15) is 30.2 Å². The van der Waals surface area contributed by atoms with Crippen molar-refractivity contribution in [1.29, 1.82) is 0 Å². The molecule has 3 rings (SSSR count). The fraction of sp³-hybridized carbons (Fsp3) is 0.350. The van der Waals surface area contributed by atoms with Crippen LogP contribution in [0.15, 0.2) is 29.1 Å². The molecule has 160 valence electrons. The van der Waals surface area contributed by atoms with Gasteiger partial charge in [0.2, 0.25) is 5.91 Å².